The van der Waals surface area contributed by atoms with Crippen molar-refractivity contribution in [1.29, 1.82) is 5.26 Å². The Bertz CT molecular complexity index is 856. The van der Waals surface area contributed by atoms with Gasteiger partial charge in [0.25, 0.3) is 11.8 Å². The number of hydrogen-bond acceptors (Lipinski definition) is 5. The minimum absolute atomic E-state index is 0.131. The molecule has 4 atom stereocenters. The number of nitrogens with one attached hydrogen (secondary N) is 2. The first-order valence-corrected chi connectivity index (χ1v) is 10.0. The smallest absolute Gasteiger partial charge is 0.261 e. The van der Waals surface area contributed by atoms with E-state index in [1.165, 1.54) is 18.2 Å². The number of nitriles is 1. The zero-order valence-electron chi connectivity index (χ0n) is 14.7. The number of benzene rings is 1. The number of rotatable bonds is 5. The topological polar surface area (TPSA) is 94.3 Å². The van der Waals surface area contributed by atoms with Gasteiger partial charge < -0.3 is 10.6 Å². The van der Waals surface area contributed by atoms with E-state index in [4.69, 9.17) is 5.26 Å². The van der Waals surface area contributed by atoms with Gasteiger partial charge in [0.2, 0.25) is 0 Å². The van der Waals surface area contributed by atoms with Crippen LogP contribution in [0.1, 0.15) is 35.2 Å². The van der Waals surface area contributed by atoms with Gasteiger partial charge in [0, 0.05) is 18.2 Å². The molecule has 4 unspecified atom stereocenters. The molecule has 1 heterocycles. The van der Waals surface area contributed by atoms with Crippen molar-refractivity contribution in [2.75, 3.05) is 6.54 Å². The lowest BCUT2D eigenvalue weighted by molar-refractivity contribution is -0.117. The first kappa shape index (κ1) is 17.8. The van der Waals surface area contributed by atoms with Crippen molar-refractivity contribution in [2.24, 2.45) is 16.8 Å². The third-order valence-corrected chi connectivity index (χ3v) is 6.45. The van der Waals surface area contributed by atoms with E-state index >= 15 is 0 Å². The largest absolute Gasteiger partial charge is 0.361 e. The molecule has 1 aromatic carbocycles. The van der Waals surface area contributed by atoms with Crippen LogP contribution in [0.5, 0.6) is 0 Å². The molecule has 0 saturated heterocycles. The monoisotopic (exact) mass is 380 g/mol. The molecule has 1 saturated carbocycles. The fourth-order valence-electron chi connectivity index (χ4n) is 3.85. The van der Waals surface area contributed by atoms with Crippen molar-refractivity contribution >= 4 is 28.7 Å². The van der Waals surface area contributed by atoms with Crippen LogP contribution in [-0.2, 0) is 4.79 Å². The number of amides is 2. The van der Waals surface area contributed by atoms with Gasteiger partial charge in [-0.25, -0.2) is 0 Å². The Kier molecular flexibility index (Phi) is 4.99. The van der Waals surface area contributed by atoms with Crippen LogP contribution in [0.25, 0.3) is 0 Å². The Morgan fingerprint density at radius 2 is 2.07 bits per heavy atom. The minimum Gasteiger partial charge on any atom is -0.361 e. The number of carbonyl (C=O) groups excluding carboxylic acids is 2. The molecule has 1 fully saturated rings. The quantitative estimate of drug-likeness (QED) is 0.764. The molecule has 3 aliphatic rings. The maximum Gasteiger partial charge on any atom is 0.261 e. The Labute approximate surface area is 162 Å². The maximum atomic E-state index is 12.1. The van der Waals surface area contributed by atoms with Crippen molar-refractivity contribution in [3.63, 3.8) is 0 Å². The number of allylic oxidation sites excluding steroid dienone is 1. The summed E-state index contributed by atoms with van der Waals surface area (Å²) in [6.07, 6.45) is 7.41. The van der Waals surface area contributed by atoms with Crippen LogP contribution in [0.3, 0.4) is 0 Å². The Morgan fingerprint density at radius 3 is 2.74 bits per heavy atom. The molecule has 0 aromatic heterocycles. The second-order valence-corrected chi connectivity index (χ2v) is 8.32. The third-order valence-electron chi connectivity index (χ3n) is 5.30. The first-order chi connectivity index (χ1) is 13.1. The van der Waals surface area contributed by atoms with Gasteiger partial charge in [0.1, 0.15) is 0 Å². The summed E-state index contributed by atoms with van der Waals surface area (Å²) < 4.78 is 0. The summed E-state index contributed by atoms with van der Waals surface area (Å²) in [5.41, 5.74) is 1.02. The van der Waals surface area contributed by atoms with Crippen molar-refractivity contribution in [3.05, 3.63) is 47.5 Å². The molecule has 1 aromatic rings. The average molecular weight is 380 g/mol. The molecule has 138 valence electrons. The Hall–Kier alpha value is -2.59. The summed E-state index contributed by atoms with van der Waals surface area (Å²) in [6, 6.07) is 8.88. The van der Waals surface area contributed by atoms with Crippen molar-refractivity contribution in [3.8, 4) is 6.07 Å². The molecule has 2 aliphatic carbocycles. The zero-order chi connectivity index (χ0) is 18.8. The summed E-state index contributed by atoms with van der Waals surface area (Å²) >= 11 is 1.46. The predicted molar refractivity (Wildman–Crippen MR) is 104 cm³/mol. The molecule has 0 spiro atoms. The van der Waals surface area contributed by atoms with Crippen LogP contribution in [0.2, 0.25) is 0 Å². The van der Waals surface area contributed by atoms with Gasteiger partial charge >= 0.3 is 0 Å². The van der Waals surface area contributed by atoms with Gasteiger partial charge in [-0.1, -0.05) is 23.9 Å². The molecule has 2 N–H and O–H groups in total. The minimum atomic E-state index is -0.247. The number of amidine groups is 1. The standard InChI is InChI=1S/C20H20N4O2S/c21-11-12-1-4-14(5-2-12)18(25)22-8-7-17-19(26)24-20(27-17)23-16-10-13-3-6-15(16)9-13/h1-6,13,15-17H,7-10H2,(H,22,25)(H,23,24,26). The maximum absolute atomic E-state index is 12.1. The molecule has 1 aliphatic heterocycles. The van der Waals surface area contributed by atoms with Gasteiger partial charge in [0.15, 0.2) is 5.17 Å². The van der Waals surface area contributed by atoms with Crippen LogP contribution < -0.4 is 10.6 Å². The van der Waals surface area contributed by atoms with Gasteiger partial charge in [-0.3, -0.25) is 9.59 Å². The highest BCUT2D eigenvalue weighted by Gasteiger charge is 2.38. The normalized spacial score (nSPS) is 28.1. The summed E-state index contributed by atoms with van der Waals surface area (Å²) in [5, 5.41) is 15.5. The zero-order valence-corrected chi connectivity index (χ0v) is 15.5. The van der Waals surface area contributed by atoms with E-state index in [9.17, 15) is 9.59 Å². The van der Waals surface area contributed by atoms with Crippen LogP contribution in [0, 0.1) is 23.2 Å². The molecule has 6 nitrogen and oxygen atoms in total. The van der Waals surface area contributed by atoms with Gasteiger partial charge in [-0.05, 0) is 55.4 Å². The summed E-state index contributed by atoms with van der Waals surface area (Å²) in [4.78, 5) is 28.4. The number of fused-ring (bicyclic) bond motifs is 2. The van der Waals surface area contributed by atoms with Gasteiger partial charge in [0.05, 0.1) is 16.9 Å². The van der Waals surface area contributed by atoms with E-state index in [1.807, 2.05) is 6.07 Å². The number of hydrogen-bond donors (Lipinski definition) is 2. The van der Waals surface area contributed by atoms with Gasteiger partial charge in [-0.2, -0.15) is 10.3 Å². The SMILES string of the molecule is N#Cc1ccc(C(=O)NCCC2SC(NC3CC4C=CC3C4)=NC2=O)cc1. The van der Waals surface area contributed by atoms with Crippen molar-refractivity contribution in [2.45, 2.75) is 30.6 Å². The highest BCUT2D eigenvalue weighted by Crippen LogP contribution is 2.39. The molecular weight excluding hydrogens is 360 g/mol. The Morgan fingerprint density at radius 1 is 1.26 bits per heavy atom. The highest BCUT2D eigenvalue weighted by molar-refractivity contribution is 8.15. The van der Waals surface area contributed by atoms with Crippen molar-refractivity contribution < 1.29 is 9.59 Å². The number of nitrogens with zero attached hydrogens (tertiary/aromatic N) is 2. The van der Waals surface area contributed by atoms with Crippen LogP contribution >= 0.6 is 11.8 Å². The highest BCUT2D eigenvalue weighted by atomic mass is 32.2. The molecule has 2 bridgehead atoms. The molecule has 7 heteroatoms. The van der Waals surface area contributed by atoms with Crippen LogP contribution in [-0.4, -0.2) is 34.8 Å². The van der Waals surface area contributed by atoms with E-state index in [0.29, 0.717) is 42.0 Å². The Balaban J connectivity index is 1.22. The summed E-state index contributed by atoms with van der Waals surface area (Å²) in [7, 11) is 0. The van der Waals surface area contributed by atoms with Crippen LogP contribution in [0.15, 0.2) is 41.4 Å². The molecule has 4 rings (SSSR count). The fraction of sp³-hybridized carbons (Fsp3) is 0.400. The van der Waals surface area contributed by atoms with E-state index in [0.717, 1.165) is 11.6 Å². The lowest BCUT2D eigenvalue weighted by Crippen LogP contribution is -2.35. The van der Waals surface area contributed by atoms with Gasteiger partial charge in [-0.15, -0.1) is 0 Å². The third kappa shape index (κ3) is 3.91. The number of carbonyl (C=O) groups is 2. The first-order valence-electron chi connectivity index (χ1n) is 9.15. The lowest BCUT2D eigenvalue weighted by Gasteiger charge is -2.20. The molecular formula is C20H20N4O2S. The van der Waals surface area contributed by atoms with Crippen LogP contribution in [0.4, 0.5) is 0 Å². The fourth-order valence-corrected chi connectivity index (χ4v) is 4.87. The van der Waals surface area contributed by atoms with Crippen molar-refractivity contribution in [1.82, 2.24) is 10.6 Å². The lowest BCUT2D eigenvalue weighted by atomic mass is 10.0. The molecule has 0 radical (unpaired) electrons. The summed E-state index contributed by atoms with van der Waals surface area (Å²) in [5.74, 6) is 0.888. The van der Waals surface area contributed by atoms with E-state index in [-0.39, 0.29) is 17.1 Å². The predicted octanol–water partition coefficient (Wildman–Crippen LogP) is 2.23. The average Bonchev–Trinajstić information content (AvgIpc) is 3.38. The second-order valence-electron chi connectivity index (χ2n) is 7.13. The number of thioether (sulfide) groups is 1. The summed E-state index contributed by atoms with van der Waals surface area (Å²) in [6.45, 7) is 0.405. The van der Waals surface area contributed by atoms with E-state index < -0.39 is 0 Å². The molecule has 2 amide bonds. The second kappa shape index (κ2) is 7.57. The molecule has 27 heavy (non-hydrogen) atoms. The van der Waals surface area contributed by atoms with E-state index in [2.05, 4.69) is 27.8 Å². The van der Waals surface area contributed by atoms with E-state index in [1.54, 1.807) is 24.3 Å². The number of aliphatic imine (C=N–C) groups is 1.